The zero-order valence-corrected chi connectivity index (χ0v) is 15.3. The number of carbonyl (C=O) groups is 1. The third-order valence-electron chi connectivity index (χ3n) is 4.89. The van der Waals surface area contributed by atoms with Crippen molar-refractivity contribution in [1.82, 2.24) is 9.62 Å². The zero-order chi connectivity index (χ0) is 17.7. The van der Waals surface area contributed by atoms with Gasteiger partial charge in [-0.3, -0.25) is 4.79 Å². The van der Waals surface area contributed by atoms with E-state index in [4.69, 9.17) is 4.74 Å². The maximum absolute atomic E-state index is 12.6. The van der Waals surface area contributed by atoms with Crippen molar-refractivity contribution in [2.75, 3.05) is 26.3 Å². The van der Waals surface area contributed by atoms with Crippen LogP contribution in [0.2, 0.25) is 0 Å². The summed E-state index contributed by atoms with van der Waals surface area (Å²) in [5.41, 5.74) is 0.975. The number of ether oxygens (including phenoxy) is 1. The van der Waals surface area contributed by atoms with E-state index in [1.807, 2.05) is 0 Å². The van der Waals surface area contributed by atoms with Gasteiger partial charge in [0.1, 0.15) is 0 Å². The van der Waals surface area contributed by atoms with Gasteiger partial charge in [0.15, 0.2) is 0 Å². The Kier molecular flexibility index (Phi) is 6.09. The summed E-state index contributed by atoms with van der Waals surface area (Å²) in [4.78, 5) is 12.3. The molecule has 1 aromatic rings. The molecule has 2 aliphatic rings. The number of rotatable bonds is 6. The molecule has 0 unspecified atom stereocenters. The van der Waals surface area contributed by atoms with Crippen LogP contribution in [0.25, 0.3) is 0 Å². The molecular formula is C18H26N2O4S. The number of carbonyl (C=O) groups excluding carboxylic acids is 1. The average Bonchev–Trinajstić information content (AvgIpc) is 3.14. The topological polar surface area (TPSA) is 75.7 Å². The number of nitrogens with zero attached hydrogens (tertiary/aromatic N) is 1. The summed E-state index contributed by atoms with van der Waals surface area (Å²) in [6.45, 7) is 1.66. The second-order valence-corrected chi connectivity index (χ2v) is 8.65. The number of sulfonamides is 1. The normalized spacial score (nSPS) is 19.8. The summed E-state index contributed by atoms with van der Waals surface area (Å²) in [5.74, 6) is 0.0805. The molecule has 1 heterocycles. The molecule has 138 valence electrons. The smallest absolute Gasteiger partial charge is 0.243 e. The minimum absolute atomic E-state index is 0.0805. The highest BCUT2D eigenvalue weighted by Gasteiger charge is 2.26. The molecule has 0 atom stereocenters. The molecule has 2 fully saturated rings. The van der Waals surface area contributed by atoms with E-state index < -0.39 is 10.0 Å². The Balaban J connectivity index is 1.53. The van der Waals surface area contributed by atoms with Crippen LogP contribution in [-0.2, 0) is 26.0 Å². The first-order valence-corrected chi connectivity index (χ1v) is 10.5. The van der Waals surface area contributed by atoms with Gasteiger partial charge >= 0.3 is 0 Å². The minimum Gasteiger partial charge on any atom is -0.379 e. The van der Waals surface area contributed by atoms with Crippen LogP contribution in [0, 0.1) is 0 Å². The van der Waals surface area contributed by atoms with Crippen molar-refractivity contribution in [3.63, 3.8) is 0 Å². The molecule has 1 N–H and O–H groups in total. The quantitative estimate of drug-likeness (QED) is 0.831. The first kappa shape index (κ1) is 18.4. The molecule has 0 radical (unpaired) electrons. The van der Waals surface area contributed by atoms with E-state index >= 15 is 0 Å². The van der Waals surface area contributed by atoms with Gasteiger partial charge in [0.25, 0.3) is 0 Å². The van der Waals surface area contributed by atoms with Crippen LogP contribution >= 0.6 is 0 Å². The number of hydrogen-bond acceptors (Lipinski definition) is 4. The predicted octanol–water partition coefficient (Wildman–Crippen LogP) is 1.70. The Hall–Kier alpha value is -1.44. The summed E-state index contributed by atoms with van der Waals surface area (Å²) >= 11 is 0. The molecular weight excluding hydrogens is 340 g/mol. The van der Waals surface area contributed by atoms with Crippen LogP contribution in [0.4, 0.5) is 0 Å². The maximum atomic E-state index is 12.6. The fourth-order valence-electron chi connectivity index (χ4n) is 3.39. The number of morpholine rings is 1. The summed E-state index contributed by atoms with van der Waals surface area (Å²) in [6, 6.07) is 7.21. The summed E-state index contributed by atoms with van der Waals surface area (Å²) in [7, 11) is -3.45. The van der Waals surface area contributed by atoms with E-state index in [0.29, 0.717) is 50.1 Å². The highest BCUT2D eigenvalue weighted by atomic mass is 32.2. The highest BCUT2D eigenvalue weighted by molar-refractivity contribution is 7.89. The van der Waals surface area contributed by atoms with Crippen molar-refractivity contribution < 1.29 is 17.9 Å². The number of hydrogen-bond donors (Lipinski definition) is 1. The van der Waals surface area contributed by atoms with Crippen LogP contribution in [0.1, 0.15) is 37.7 Å². The lowest BCUT2D eigenvalue weighted by molar-refractivity contribution is -0.121. The van der Waals surface area contributed by atoms with Gasteiger partial charge < -0.3 is 10.1 Å². The average molecular weight is 366 g/mol. The fourth-order valence-corrected chi connectivity index (χ4v) is 4.80. The van der Waals surface area contributed by atoms with Crippen molar-refractivity contribution >= 4 is 15.9 Å². The fraction of sp³-hybridized carbons (Fsp3) is 0.611. The molecule has 0 bridgehead atoms. The van der Waals surface area contributed by atoms with Gasteiger partial charge in [-0.25, -0.2) is 8.42 Å². The molecule has 1 aliphatic heterocycles. The first-order chi connectivity index (χ1) is 12.1. The monoisotopic (exact) mass is 366 g/mol. The van der Waals surface area contributed by atoms with Crippen molar-refractivity contribution in [2.45, 2.75) is 49.5 Å². The molecule has 1 aliphatic carbocycles. The van der Waals surface area contributed by atoms with Crippen LogP contribution in [0.15, 0.2) is 29.2 Å². The molecule has 6 nitrogen and oxygen atoms in total. The first-order valence-electron chi connectivity index (χ1n) is 9.02. The number of nitrogens with one attached hydrogen (secondary N) is 1. The Morgan fingerprint density at radius 3 is 2.40 bits per heavy atom. The van der Waals surface area contributed by atoms with Crippen LogP contribution in [0.5, 0.6) is 0 Å². The van der Waals surface area contributed by atoms with Crippen LogP contribution in [0.3, 0.4) is 0 Å². The second kappa shape index (κ2) is 8.29. The zero-order valence-electron chi connectivity index (χ0n) is 14.4. The van der Waals surface area contributed by atoms with Crippen molar-refractivity contribution in [2.24, 2.45) is 0 Å². The summed E-state index contributed by atoms with van der Waals surface area (Å²) < 4.78 is 31.8. The van der Waals surface area contributed by atoms with Crippen molar-refractivity contribution in [3.8, 4) is 0 Å². The van der Waals surface area contributed by atoms with Gasteiger partial charge in [-0.2, -0.15) is 4.31 Å². The van der Waals surface area contributed by atoms with E-state index in [0.717, 1.165) is 18.4 Å². The van der Waals surface area contributed by atoms with Crippen LogP contribution < -0.4 is 5.32 Å². The Morgan fingerprint density at radius 1 is 1.12 bits per heavy atom. The van der Waals surface area contributed by atoms with E-state index in [2.05, 4.69) is 5.32 Å². The van der Waals surface area contributed by atoms with E-state index in [9.17, 15) is 13.2 Å². The third kappa shape index (κ3) is 4.80. The lowest BCUT2D eigenvalue weighted by Gasteiger charge is -2.26. The number of amides is 1. The SMILES string of the molecule is O=C(CCc1ccc(S(=O)(=O)N2CCOCC2)cc1)NC1CCCC1. The maximum Gasteiger partial charge on any atom is 0.243 e. The Morgan fingerprint density at radius 2 is 1.76 bits per heavy atom. The molecule has 7 heteroatoms. The van der Waals surface area contributed by atoms with Gasteiger partial charge in [-0.05, 0) is 37.0 Å². The number of aryl methyl sites for hydroxylation is 1. The minimum atomic E-state index is -3.45. The van der Waals surface area contributed by atoms with Gasteiger partial charge in [0, 0.05) is 25.6 Å². The van der Waals surface area contributed by atoms with E-state index in [1.54, 1.807) is 24.3 Å². The molecule has 3 rings (SSSR count). The van der Waals surface area contributed by atoms with Crippen LogP contribution in [-0.4, -0.2) is 51.0 Å². The third-order valence-corrected chi connectivity index (χ3v) is 6.81. The predicted molar refractivity (Wildman–Crippen MR) is 94.7 cm³/mol. The standard InChI is InChI=1S/C18H26N2O4S/c21-18(19-16-3-1-2-4-16)10-7-15-5-8-17(9-6-15)25(22,23)20-11-13-24-14-12-20/h5-6,8-9,16H,1-4,7,10-14H2,(H,19,21). The van der Waals surface area contributed by atoms with Gasteiger partial charge in [-0.15, -0.1) is 0 Å². The lowest BCUT2D eigenvalue weighted by Crippen LogP contribution is -2.40. The Bertz CT molecular complexity index is 676. The molecule has 0 aromatic heterocycles. The van der Waals surface area contributed by atoms with Gasteiger partial charge in [0.05, 0.1) is 18.1 Å². The largest absolute Gasteiger partial charge is 0.379 e. The summed E-state index contributed by atoms with van der Waals surface area (Å²) in [5, 5.41) is 3.07. The van der Waals surface area contributed by atoms with E-state index in [-0.39, 0.29) is 5.91 Å². The molecule has 25 heavy (non-hydrogen) atoms. The van der Waals surface area contributed by atoms with Gasteiger partial charge in [-0.1, -0.05) is 25.0 Å². The summed E-state index contributed by atoms with van der Waals surface area (Å²) in [6.07, 6.45) is 5.62. The Labute approximate surface area is 149 Å². The number of benzene rings is 1. The highest BCUT2D eigenvalue weighted by Crippen LogP contribution is 2.19. The second-order valence-electron chi connectivity index (χ2n) is 6.71. The molecule has 1 saturated heterocycles. The van der Waals surface area contributed by atoms with Crippen molar-refractivity contribution in [1.29, 1.82) is 0 Å². The van der Waals surface area contributed by atoms with Gasteiger partial charge in [0.2, 0.25) is 15.9 Å². The molecule has 1 aromatic carbocycles. The molecule has 1 amide bonds. The molecule has 0 spiro atoms. The van der Waals surface area contributed by atoms with E-state index in [1.165, 1.54) is 17.1 Å². The lowest BCUT2D eigenvalue weighted by atomic mass is 10.1. The molecule has 1 saturated carbocycles. The van der Waals surface area contributed by atoms with Crippen molar-refractivity contribution in [3.05, 3.63) is 29.8 Å².